The van der Waals surface area contributed by atoms with Crippen LogP contribution in [0.2, 0.25) is 0 Å². The lowest BCUT2D eigenvalue weighted by atomic mass is 9.50. The Balaban J connectivity index is 1.54. The predicted molar refractivity (Wildman–Crippen MR) is 124 cm³/mol. The molecule has 0 spiro atoms. The maximum atomic E-state index is 10.3. The molecule has 1 heteroatoms. The fraction of sp³-hybridized carbons (Fsp3) is 0.857. The van der Waals surface area contributed by atoms with Crippen molar-refractivity contribution in [1.29, 1.82) is 0 Å². The zero-order chi connectivity index (χ0) is 21.0. The van der Waals surface area contributed by atoms with Crippen LogP contribution in [0.4, 0.5) is 0 Å². The van der Waals surface area contributed by atoms with Gasteiger partial charge in [-0.1, -0.05) is 43.1 Å². The summed E-state index contributed by atoms with van der Waals surface area (Å²) in [5, 5.41) is 10.3. The van der Waals surface area contributed by atoms with E-state index in [0.717, 1.165) is 36.5 Å². The monoisotopic (exact) mass is 398 g/mol. The third-order valence-corrected chi connectivity index (χ3v) is 10.6. The van der Waals surface area contributed by atoms with E-state index in [1.165, 1.54) is 63.4 Å². The molecule has 4 aliphatic carbocycles. The normalized spacial score (nSPS) is 42.7. The van der Waals surface area contributed by atoms with E-state index in [1.807, 2.05) is 11.1 Å². The molecule has 0 saturated heterocycles. The van der Waals surface area contributed by atoms with E-state index < -0.39 is 0 Å². The van der Waals surface area contributed by atoms with Crippen LogP contribution in [0.25, 0.3) is 0 Å². The first-order chi connectivity index (χ1) is 13.7. The fourth-order valence-corrected chi connectivity index (χ4v) is 8.31. The molecule has 0 aliphatic heterocycles. The molecule has 1 nitrogen and oxygen atoms in total. The second-order valence-electron chi connectivity index (χ2n) is 12.1. The van der Waals surface area contributed by atoms with Crippen molar-refractivity contribution in [2.45, 2.75) is 118 Å². The third kappa shape index (κ3) is 3.58. The van der Waals surface area contributed by atoms with E-state index in [0.29, 0.717) is 10.8 Å². The zero-order valence-corrected chi connectivity index (χ0v) is 20.1. The summed E-state index contributed by atoms with van der Waals surface area (Å²) < 4.78 is 0. The largest absolute Gasteiger partial charge is 0.393 e. The van der Waals surface area contributed by atoms with Crippen LogP contribution in [0.3, 0.4) is 0 Å². The summed E-state index contributed by atoms with van der Waals surface area (Å²) in [7, 11) is 0. The van der Waals surface area contributed by atoms with E-state index in [1.54, 1.807) is 5.57 Å². The summed E-state index contributed by atoms with van der Waals surface area (Å²) in [5.74, 6) is 3.34. The molecule has 0 heterocycles. The van der Waals surface area contributed by atoms with Crippen molar-refractivity contribution in [3.05, 3.63) is 22.3 Å². The van der Waals surface area contributed by atoms with Crippen molar-refractivity contribution < 1.29 is 5.11 Å². The van der Waals surface area contributed by atoms with Gasteiger partial charge in [0.15, 0.2) is 0 Å². The van der Waals surface area contributed by atoms with Crippen LogP contribution in [0.15, 0.2) is 22.3 Å². The lowest BCUT2D eigenvalue weighted by molar-refractivity contribution is 0.0133. The molecule has 0 amide bonds. The Morgan fingerprint density at radius 3 is 2.52 bits per heavy atom. The Labute approximate surface area is 180 Å². The molecule has 2 saturated carbocycles. The molecule has 2 unspecified atom stereocenters. The topological polar surface area (TPSA) is 20.2 Å². The van der Waals surface area contributed by atoms with Gasteiger partial charge in [0.25, 0.3) is 0 Å². The van der Waals surface area contributed by atoms with Crippen LogP contribution in [0.1, 0.15) is 112 Å². The first kappa shape index (κ1) is 21.7. The van der Waals surface area contributed by atoms with E-state index in [9.17, 15) is 5.11 Å². The third-order valence-electron chi connectivity index (χ3n) is 10.6. The summed E-state index contributed by atoms with van der Waals surface area (Å²) >= 11 is 0. The SMILES string of the molecule is CC(C)=C(C)CC[C@@H](C)[C@H]1CC[C@H]2C3=C(CC[C@]12C)[C@@]1(C)CCC(O)CC1CC3. The molecule has 0 aromatic heterocycles. The average Bonchev–Trinajstić information content (AvgIpc) is 3.03. The van der Waals surface area contributed by atoms with Crippen molar-refractivity contribution in [2.24, 2.45) is 34.5 Å². The number of aliphatic hydroxyl groups is 1. The molecule has 1 N–H and O–H groups in total. The predicted octanol–water partition coefficient (Wildman–Crippen LogP) is 7.84. The van der Waals surface area contributed by atoms with Crippen molar-refractivity contribution in [1.82, 2.24) is 0 Å². The molecule has 7 atom stereocenters. The lowest BCUT2D eigenvalue weighted by Crippen LogP contribution is -2.45. The standard InChI is InChI=1S/C28H46O/c1-18(2)19(3)7-8-20(4)24-11-12-25-23-10-9-21-17-22(29)13-15-27(21,5)26(23)14-16-28(24,25)6/h20-22,24-25,29H,7-17H2,1-6H3/t20-,21?,22?,24-,25+,27+,28-/m1/s1. The maximum absolute atomic E-state index is 10.3. The number of hydrogen-bond donors (Lipinski definition) is 1. The molecule has 4 aliphatic rings. The van der Waals surface area contributed by atoms with Crippen LogP contribution in [0.5, 0.6) is 0 Å². The molecule has 0 aromatic carbocycles. The van der Waals surface area contributed by atoms with Gasteiger partial charge in [-0.15, -0.1) is 0 Å². The van der Waals surface area contributed by atoms with Crippen LogP contribution < -0.4 is 0 Å². The highest BCUT2D eigenvalue weighted by Gasteiger charge is 2.55. The van der Waals surface area contributed by atoms with Gasteiger partial charge >= 0.3 is 0 Å². The van der Waals surface area contributed by atoms with E-state index in [-0.39, 0.29) is 6.10 Å². The van der Waals surface area contributed by atoms with Gasteiger partial charge in [0.2, 0.25) is 0 Å². The van der Waals surface area contributed by atoms with Crippen molar-refractivity contribution in [3.63, 3.8) is 0 Å². The molecule has 0 bridgehead atoms. The number of hydrogen-bond acceptors (Lipinski definition) is 1. The minimum Gasteiger partial charge on any atom is -0.393 e. The fourth-order valence-electron chi connectivity index (χ4n) is 8.31. The first-order valence-electron chi connectivity index (χ1n) is 12.7. The highest BCUT2D eigenvalue weighted by atomic mass is 16.3. The van der Waals surface area contributed by atoms with Gasteiger partial charge in [0.05, 0.1) is 6.10 Å². The van der Waals surface area contributed by atoms with Gasteiger partial charge in [-0.25, -0.2) is 0 Å². The van der Waals surface area contributed by atoms with Crippen molar-refractivity contribution in [2.75, 3.05) is 0 Å². The number of aliphatic hydroxyl groups excluding tert-OH is 1. The minimum absolute atomic E-state index is 0.0370. The Morgan fingerprint density at radius 1 is 1.03 bits per heavy atom. The van der Waals surface area contributed by atoms with Gasteiger partial charge in [0.1, 0.15) is 0 Å². The van der Waals surface area contributed by atoms with Gasteiger partial charge in [-0.2, -0.15) is 0 Å². The molecule has 0 radical (unpaired) electrons. The summed E-state index contributed by atoms with van der Waals surface area (Å²) in [6.07, 6.45) is 14.2. The quantitative estimate of drug-likeness (QED) is 0.478. The molecule has 29 heavy (non-hydrogen) atoms. The zero-order valence-electron chi connectivity index (χ0n) is 20.1. The highest BCUT2D eigenvalue weighted by Crippen LogP contribution is 2.66. The molecular formula is C28H46O. The smallest absolute Gasteiger partial charge is 0.0543 e. The maximum Gasteiger partial charge on any atom is 0.0543 e. The Bertz CT molecular complexity index is 695. The summed E-state index contributed by atoms with van der Waals surface area (Å²) in [5.41, 5.74) is 7.84. The molecule has 2 fully saturated rings. The Hall–Kier alpha value is -0.560. The van der Waals surface area contributed by atoms with Crippen molar-refractivity contribution in [3.8, 4) is 0 Å². The first-order valence-corrected chi connectivity index (χ1v) is 12.7. The van der Waals surface area contributed by atoms with Crippen molar-refractivity contribution >= 4 is 0 Å². The van der Waals surface area contributed by atoms with Gasteiger partial charge in [-0.05, 0) is 126 Å². The highest BCUT2D eigenvalue weighted by molar-refractivity contribution is 5.34. The minimum atomic E-state index is -0.0370. The molecule has 0 aromatic rings. The number of allylic oxidation sites excluding steroid dienone is 4. The second kappa shape index (κ2) is 7.85. The van der Waals surface area contributed by atoms with E-state index >= 15 is 0 Å². The van der Waals surface area contributed by atoms with E-state index in [4.69, 9.17) is 0 Å². The summed E-state index contributed by atoms with van der Waals surface area (Å²) in [6.45, 7) is 14.7. The van der Waals surface area contributed by atoms with Crippen LogP contribution in [-0.4, -0.2) is 11.2 Å². The average molecular weight is 399 g/mol. The van der Waals surface area contributed by atoms with Gasteiger partial charge < -0.3 is 5.11 Å². The molecule has 164 valence electrons. The number of fused-ring (bicyclic) bond motifs is 4. The van der Waals surface area contributed by atoms with Crippen LogP contribution in [0, 0.1) is 34.5 Å². The van der Waals surface area contributed by atoms with Gasteiger partial charge in [0, 0.05) is 0 Å². The number of rotatable bonds is 4. The Kier molecular flexibility index (Phi) is 5.86. The molecular weight excluding hydrogens is 352 g/mol. The summed E-state index contributed by atoms with van der Waals surface area (Å²) in [4.78, 5) is 0. The molecule has 4 rings (SSSR count). The van der Waals surface area contributed by atoms with Crippen LogP contribution >= 0.6 is 0 Å². The Morgan fingerprint density at radius 2 is 1.79 bits per heavy atom. The van der Waals surface area contributed by atoms with Gasteiger partial charge in [-0.3, -0.25) is 0 Å². The summed E-state index contributed by atoms with van der Waals surface area (Å²) in [6, 6.07) is 0. The van der Waals surface area contributed by atoms with Crippen LogP contribution in [-0.2, 0) is 0 Å². The lowest BCUT2D eigenvalue weighted by Gasteiger charge is -2.55. The van der Waals surface area contributed by atoms with E-state index in [2.05, 4.69) is 41.5 Å². The second-order valence-corrected chi connectivity index (χ2v) is 12.1.